The van der Waals surface area contributed by atoms with Crippen LogP contribution < -0.4 is 10.1 Å². The average Bonchev–Trinajstić information content (AvgIpc) is 2.86. The van der Waals surface area contributed by atoms with Crippen molar-refractivity contribution >= 4 is 23.4 Å². The maximum Gasteiger partial charge on any atom is 0.262 e. The van der Waals surface area contributed by atoms with Gasteiger partial charge in [-0.05, 0) is 31.2 Å². The molecule has 0 unspecified atom stereocenters. The van der Waals surface area contributed by atoms with E-state index in [-0.39, 0.29) is 0 Å². The van der Waals surface area contributed by atoms with Gasteiger partial charge >= 0.3 is 0 Å². The lowest BCUT2D eigenvalue weighted by atomic mass is 10.1. The predicted octanol–water partition coefficient (Wildman–Crippen LogP) is 2.32. The Labute approximate surface area is 139 Å². The van der Waals surface area contributed by atoms with Gasteiger partial charge in [0.05, 0.1) is 23.9 Å². The quantitative estimate of drug-likeness (QED) is 0.876. The number of para-hydroxylation sites is 2. The fourth-order valence-electron chi connectivity index (χ4n) is 2.66. The van der Waals surface area contributed by atoms with Gasteiger partial charge in [-0.1, -0.05) is 24.3 Å². The summed E-state index contributed by atoms with van der Waals surface area (Å²) in [5, 5.41) is 2.70. The van der Waals surface area contributed by atoms with Crippen LogP contribution >= 0.6 is 0 Å². The first-order chi connectivity index (χ1) is 11.5. The van der Waals surface area contributed by atoms with Crippen LogP contribution in [-0.4, -0.2) is 35.8 Å². The molecule has 1 atom stereocenters. The highest BCUT2D eigenvalue weighted by atomic mass is 16.5. The average molecular weight is 324 g/mol. The predicted molar refractivity (Wildman–Crippen MR) is 88.0 cm³/mol. The summed E-state index contributed by atoms with van der Waals surface area (Å²) < 4.78 is 5.18. The van der Waals surface area contributed by atoms with E-state index in [2.05, 4.69) is 5.32 Å². The van der Waals surface area contributed by atoms with E-state index in [9.17, 15) is 14.4 Å². The fraction of sp³-hybridized carbons (Fsp3) is 0.167. The molecule has 0 bridgehead atoms. The van der Waals surface area contributed by atoms with Gasteiger partial charge in [0.15, 0.2) is 0 Å². The number of rotatable bonds is 4. The number of benzene rings is 2. The van der Waals surface area contributed by atoms with E-state index in [0.717, 1.165) is 4.90 Å². The Balaban J connectivity index is 1.82. The van der Waals surface area contributed by atoms with Crippen LogP contribution in [0.3, 0.4) is 0 Å². The molecule has 1 heterocycles. The van der Waals surface area contributed by atoms with Gasteiger partial charge in [-0.15, -0.1) is 0 Å². The first kappa shape index (κ1) is 15.7. The minimum absolute atomic E-state index is 0.319. The van der Waals surface area contributed by atoms with Crippen LogP contribution in [0.15, 0.2) is 48.5 Å². The van der Waals surface area contributed by atoms with Crippen molar-refractivity contribution in [2.45, 2.75) is 13.0 Å². The fourth-order valence-corrected chi connectivity index (χ4v) is 2.66. The summed E-state index contributed by atoms with van der Waals surface area (Å²) >= 11 is 0. The molecule has 1 N–H and O–H groups in total. The van der Waals surface area contributed by atoms with Crippen LogP contribution in [0.25, 0.3) is 0 Å². The molecular weight excluding hydrogens is 308 g/mol. The third kappa shape index (κ3) is 2.52. The van der Waals surface area contributed by atoms with Crippen molar-refractivity contribution in [3.05, 3.63) is 59.7 Å². The van der Waals surface area contributed by atoms with E-state index in [1.165, 1.54) is 14.0 Å². The molecule has 0 radical (unpaired) electrons. The Morgan fingerprint density at radius 3 is 2.12 bits per heavy atom. The molecule has 2 aromatic carbocycles. The number of nitrogens with one attached hydrogen (secondary N) is 1. The first-order valence-corrected chi connectivity index (χ1v) is 7.45. The number of amides is 3. The van der Waals surface area contributed by atoms with Gasteiger partial charge in [-0.25, -0.2) is 0 Å². The van der Waals surface area contributed by atoms with Gasteiger partial charge in [-0.3, -0.25) is 19.3 Å². The van der Waals surface area contributed by atoms with Gasteiger partial charge in [-0.2, -0.15) is 0 Å². The van der Waals surface area contributed by atoms with Crippen molar-refractivity contribution in [3.8, 4) is 5.75 Å². The van der Waals surface area contributed by atoms with Gasteiger partial charge in [0.1, 0.15) is 11.8 Å². The number of methoxy groups -OCH3 is 1. The molecule has 0 aromatic heterocycles. The van der Waals surface area contributed by atoms with Gasteiger partial charge < -0.3 is 10.1 Å². The van der Waals surface area contributed by atoms with Crippen LogP contribution in [0.4, 0.5) is 5.69 Å². The third-order valence-electron chi connectivity index (χ3n) is 3.96. The highest BCUT2D eigenvalue weighted by Crippen LogP contribution is 2.26. The molecule has 0 fully saturated rings. The summed E-state index contributed by atoms with van der Waals surface area (Å²) in [5.74, 6) is -0.883. The first-order valence-electron chi connectivity index (χ1n) is 7.45. The van der Waals surface area contributed by atoms with E-state index in [1.54, 1.807) is 48.5 Å². The molecule has 3 rings (SSSR count). The van der Waals surface area contributed by atoms with Gasteiger partial charge in [0.2, 0.25) is 5.91 Å². The molecule has 24 heavy (non-hydrogen) atoms. The van der Waals surface area contributed by atoms with Crippen LogP contribution in [0.5, 0.6) is 5.75 Å². The summed E-state index contributed by atoms with van der Waals surface area (Å²) in [5.41, 5.74) is 1.12. The van der Waals surface area contributed by atoms with Crippen LogP contribution in [0.1, 0.15) is 27.6 Å². The molecule has 6 heteroatoms. The number of fused-ring (bicyclic) bond motifs is 1. The van der Waals surface area contributed by atoms with E-state index in [0.29, 0.717) is 22.6 Å². The van der Waals surface area contributed by atoms with E-state index >= 15 is 0 Å². The summed E-state index contributed by atoms with van der Waals surface area (Å²) in [7, 11) is 1.50. The number of hydrogen-bond acceptors (Lipinski definition) is 4. The Bertz CT molecular complexity index is 796. The lowest BCUT2D eigenvalue weighted by molar-refractivity contribution is -0.119. The zero-order valence-electron chi connectivity index (χ0n) is 13.3. The monoisotopic (exact) mass is 324 g/mol. The lowest BCUT2D eigenvalue weighted by Gasteiger charge is -2.22. The molecule has 0 spiro atoms. The van der Waals surface area contributed by atoms with Crippen molar-refractivity contribution in [1.29, 1.82) is 0 Å². The van der Waals surface area contributed by atoms with E-state index < -0.39 is 23.8 Å². The summed E-state index contributed by atoms with van der Waals surface area (Å²) in [6, 6.07) is 12.5. The minimum Gasteiger partial charge on any atom is -0.495 e. The van der Waals surface area contributed by atoms with Gasteiger partial charge in [0.25, 0.3) is 11.8 Å². The largest absolute Gasteiger partial charge is 0.495 e. The maximum absolute atomic E-state index is 12.5. The van der Waals surface area contributed by atoms with Crippen molar-refractivity contribution in [2.24, 2.45) is 0 Å². The molecule has 0 aliphatic carbocycles. The number of ether oxygens (including phenoxy) is 1. The SMILES string of the molecule is COc1ccccc1NC(=O)[C@H](C)N1C(=O)c2ccccc2C1=O. The zero-order valence-corrected chi connectivity index (χ0v) is 13.3. The number of carbonyl (C=O) groups is 3. The third-order valence-corrected chi connectivity index (χ3v) is 3.96. The highest BCUT2D eigenvalue weighted by Gasteiger charge is 2.40. The second-order valence-electron chi connectivity index (χ2n) is 5.39. The molecule has 1 aliphatic rings. The Morgan fingerprint density at radius 1 is 1.00 bits per heavy atom. The molecule has 2 aromatic rings. The summed E-state index contributed by atoms with van der Waals surface area (Å²) in [6.45, 7) is 1.52. The number of imide groups is 1. The van der Waals surface area contributed by atoms with Crippen LogP contribution in [-0.2, 0) is 4.79 Å². The zero-order chi connectivity index (χ0) is 17.3. The number of carbonyl (C=O) groups excluding carboxylic acids is 3. The Hall–Kier alpha value is -3.15. The Morgan fingerprint density at radius 2 is 1.54 bits per heavy atom. The van der Waals surface area contributed by atoms with Crippen molar-refractivity contribution in [1.82, 2.24) is 4.90 Å². The van der Waals surface area contributed by atoms with Crippen molar-refractivity contribution < 1.29 is 19.1 Å². The highest BCUT2D eigenvalue weighted by molar-refractivity contribution is 6.23. The Kier molecular flexibility index (Phi) is 4.04. The normalized spacial score (nSPS) is 14.3. The second-order valence-corrected chi connectivity index (χ2v) is 5.39. The standard InChI is InChI=1S/C18H16N2O4/c1-11(16(21)19-14-9-5-6-10-15(14)24-2)20-17(22)12-7-3-4-8-13(12)18(20)23/h3-11H,1-2H3,(H,19,21)/t11-/m0/s1. The minimum atomic E-state index is -0.942. The number of hydrogen-bond donors (Lipinski definition) is 1. The van der Waals surface area contributed by atoms with Crippen LogP contribution in [0.2, 0.25) is 0 Å². The molecule has 0 saturated heterocycles. The molecular formula is C18H16N2O4. The number of anilines is 1. The summed E-state index contributed by atoms with van der Waals surface area (Å²) in [4.78, 5) is 38.3. The number of nitrogens with zero attached hydrogens (tertiary/aromatic N) is 1. The van der Waals surface area contributed by atoms with Gasteiger partial charge in [0, 0.05) is 0 Å². The topological polar surface area (TPSA) is 75.7 Å². The second kappa shape index (κ2) is 6.16. The molecule has 3 amide bonds. The molecule has 1 aliphatic heterocycles. The smallest absolute Gasteiger partial charge is 0.262 e. The summed E-state index contributed by atoms with van der Waals surface area (Å²) in [6.07, 6.45) is 0. The van der Waals surface area contributed by atoms with Crippen molar-refractivity contribution in [2.75, 3.05) is 12.4 Å². The molecule has 6 nitrogen and oxygen atoms in total. The van der Waals surface area contributed by atoms with E-state index in [4.69, 9.17) is 4.74 Å². The van der Waals surface area contributed by atoms with Crippen molar-refractivity contribution in [3.63, 3.8) is 0 Å². The molecule has 0 saturated carbocycles. The maximum atomic E-state index is 12.5. The van der Waals surface area contributed by atoms with E-state index in [1.807, 2.05) is 0 Å². The van der Waals surface area contributed by atoms with Crippen LogP contribution in [0, 0.1) is 0 Å². The lowest BCUT2D eigenvalue weighted by Crippen LogP contribution is -2.45. The molecule has 122 valence electrons.